The third-order valence-electron chi connectivity index (χ3n) is 3.03. The molecule has 0 aliphatic heterocycles. The van der Waals surface area contributed by atoms with E-state index in [9.17, 15) is 4.79 Å². The molecule has 0 saturated carbocycles. The Morgan fingerprint density at radius 3 is 2.83 bits per heavy atom. The Hall–Kier alpha value is -3.31. The van der Waals surface area contributed by atoms with Crippen molar-refractivity contribution in [3.8, 4) is 17.5 Å². The third kappa shape index (κ3) is 3.37. The zero-order valence-corrected chi connectivity index (χ0v) is 13.2. The number of aromatic nitrogens is 4. The van der Waals surface area contributed by atoms with Crippen molar-refractivity contribution < 1.29 is 9.53 Å². The van der Waals surface area contributed by atoms with Gasteiger partial charge in [-0.15, -0.1) is 16.4 Å². The van der Waals surface area contributed by atoms with Crippen LogP contribution in [0.3, 0.4) is 0 Å². The molecule has 2 heterocycles. The summed E-state index contributed by atoms with van der Waals surface area (Å²) in [6.07, 6.45) is 1.63. The number of hydrogen-bond donors (Lipinski definition) is 0. The number of nitriles is 1. The summed E-state index contributed by atoms with van der Waals surface area (Å²) >= 11 is 1.46. The van der Waals surface area contributed by atoms with Crippen molar-refractivity contribution in [2.24, 2.45) is 0 Å². The summed E-state index contributed by atoms with van der Waals surface area (Å²) in [5.41, 5.74) is 0.893. The molecular formula is C16H11N5O2S. The summed E-state index contributed by atoms with van der Waals surface area (Å²) in [6.45, 7) is -0.344. The predicted molar refractivity (Wildman–Crippen MR) is 88.3 cm³/mol. The third-order valence-corrected chi connectivity index (χ3v) is 3.85. The van der Waals surface area contributed by atoms with Gasteiger partial charge in [0.1, 0.15) is 6.07 Å². The summed E-state index contributed by atoms with van der Waals surface area (Å²) in [7, 11) is 0. The Bertz CT molecular complexity index is 894. The van der Waals surface area contributed by atoms with E-state index in [0.717, 1.165) is 10.4 Å². The van der Waals surface area contributed by atoms with Gasteiger partial charge in [0.2, 0.25) is 0 Å². The van der Waals surface area contributed by atoms with E-state index in [2.05, 4.69) is 15.5 Å². The zero-order valence-electron chi connectivity index (χ0n) is 12.4. The Labute approximate surface area is 141 Å². The van der Waals surface area contributed by atoms with E-state index >= 15 is 0 Å². The lowest BCUT2D eigenvalue weighted by Gasteiger charge is -2.08. The lowest BCUT2D eigenvalue weighted by Crippen LogP contribution is -2.15. The highest BCUT2D eigenvalue weighted by Crippen LogP contribution is 2.22. The van der Waals surface area contributed by atoms with Crippen molar-refractivity contribution in [2.75, 3.05) is 6.61 Å². The second kappa shape index (κ2) is 7.30. The topological polar surface area (TPSA) is 93.7 Å². The van der Waals surface area contributed by atoms with Crippen molar-refractivity contribution >= 4 is 29.1 Å². The molecular weight excluding hydrogens is 326 g/mol. The van der Waals surface area contributed by atoms with Gasteiger partial charge < -0.3 is 4.74 Å². The van der Waals surface area contributed by atoms with Gasteiger partial charge >= 0.3 is 5.97 Å². The molecule has 3 aromatic rings. The average Bonchev–Trinajstić information content (AvgIpc) is 3.29. The van der Waals surface area contributed by atoms with Crippen LogP contribution in [0.15, 0.2) is 47.8 Å². The number of rotatable bonds is 5. The number of carbonyl (C=O) groups excluding carboxylic acids is 1. The van der Waals surface area contributed by atoms with Crippen molar-refractivity contribution in [1.82, 2.24) is 20.2 Å². The van der Waals surface area contributed by atoms with Crippen LogP contribution in [0.1, 0.15) is 4.88 Å². The molecule has 2 aromatic heterocycles. The molecule has 0 atom stereocenters. The molecule has 3 rings (SSSR count). The molecule has 0 bridgehead atoms. The van der Waals surface area contributed by atoms with Gasteiger partial charge in [0, 0.05) is 10.4 Å². The fraction of sp³-hybridized carbons (Fsp3) is 0.0625. The molecule has 118 valence electrons. The summed E-state index contributed by atoms with van der Waals surface area (Å²) < 4.78 is 6.25. The van der Waals surface area contributed by atoms with Crippen molar-refractivity contribution in [3.63, 3.8) is 0 Å². The lowest BCUT2D eigenvalue weighted by atomic mass is 10.2. The summed E-state index contributed by atoms with van der Waals surface area (Å²) in [5, 5.41) is 22.1. The lowest BCUT2D eigenvalue weighted by molar-refractivity contribution is -0.135. The van der Waals surface area contributed by atoms with Crippen LogP contribution in [0.2, 0.25) is 0 Å². The van der Waals surface area contributed by atoms with Crippen molar-refractivity contribution in [1.29, 1.82) is 5.26 Å². The Morgan fingerprint density at radius 1 is 1.29 bits per heavy atom. The Kier molecular flexibility index (Phi) is 4.74. The maximum atomic E-state index is 12.4. The zero-order chi connectivity index (χ0) is 16.8. The highest BCUT2D eigenvalue weighted by atomic mass is 32.1. The van der Waals surface area contributed by atoms with E-state index in [-0.39, 0.29) is 12.3 Å². The van der Waals surface area contributed by atoms with Crippen LogP contribution >= 0.6 is 11.3 Å². The van der Waals surface area contributed by atoms with E-state index in [1.807, 2.05) is 47.8 Å². The Balaban J connectivity index is 2.06. The fourth-order valence-electron chi connectivity index (χ4n) is 2.00. The number of benzene rings is 1. The van der Waals surface area contributed by atoms with Gasteiger partial charge in [-0.2, -0.15) is 9.94 Å². The van der Waals surface area contributed by atoms with Crippen molar-refractivity contribution in [2.45, 2.75) is 0 Å². The molecule has 8 heteroatoms. The summed E-state index contributed by atoms with van der Waals surface area (Å²) in [4.78, 5) is 13.2. The molecule has 0 spiro atoms. The molecule has 0 unspecified atom stereocenters. The van der Waals surface area contributed by atoms with Crippen LogP contribution < -0.4 is 0 Å². The van der Waals surface area contributed by atoms with Crippen LogP contribution in [0.25, 0.3) is 23.2 Å². The molecule has 0 N–H and O–H groups in total. The van der Waals surface area contributed by atoms with Crippen LogP contribution in [-0.4, -0.2) is 32.8 Å². The number of tetrazole rings is 1. The first kappa shape index (κ1) is 15.6. The minimum absolute atomic E-state index is 0.136. The molecule has 1 aromatic carbocycles. The molecule has 7 nitrogen and oxygen atoms in total. The highest BCUT2D eigenvalue weighted by Gasteiger charge is 2.20. The average molecular weight is 337 g/mol. The monoisotopic (exact) mass is 337 g/mol. The minimum atomic E-state index is -0.672. The van der Waals surface area contributed by atoms with Crippen LogP contribution in [0, 0.1) is 11.3 Å². The van der Waals surface area contributed by atoms with E-state index in [4.69, 9.17) is 10.00 Å². The van der Waals surface area contributed by atoms with Crippen molar-refractivity contribution in [3.05, 3.63) is 52.7 Å². The molecule has 0 aliphatic carbocycles. The number of nitrogens with zero attached hydrogens (tertiary/aromatic N) is 5. The van der Waals surface area contributed by atoms with Crippen LogP contribution in [-0.2, 0) is 9.53 Å². The number of ether oxygens (including phenoxy) is 1. The fourth-order valence-corrected chi connectivity index (χ4v) is 2.65. The van der Waals surface area contributed by atoms with E-state index in [1.165, 1.54) is 16.0 Å². The van der Waals surface area contributed by atoms with Gasteiger partial charge in [-0.25, -0.2) is 4.79 Å². The summed E-state index contributed by atoms with van der Waals surface area (Å²) in [5.74, 6) is -0.262. The summed E-state index contributed by atoms with van der Waals surface area (Å²) in [6, 6.07) is 14.8. The van der Waals surface area contributed by atoms with E-state index in [1.54, 1.807) is 12.1 Å². The molecule has 0 fully saturated rings. The van der Waals surface area contributed by atoms with Gasteiger partial charge in [0.15, 0.2) is 18.1 Å². The smallest absolute Gasteiger partial charge is 0.358 e. The second-order valence-corrected chi connectivity index (χ2v) is 5.54. The molecule has 0 saturated heterocycles. The number of esters is 1. The molecule has 0 radical (unpaired) electrons. The van der Waals surface area contributed by atoms with Gasteiger partial charge in [-0.05, 0) is 27.9 Å². The Morgan fingerprint density at radius 2 is 2.12 bits per heavy atom. The maximum Gasteiger partial charge on any atom is 0.358 e. The number of hydrogen-bond acceptors (Lipinski definition) is 7. The predicted octanol–water partition coefficient (Wildman–Crippen LogP) is 2.47. The van der Waals surface area contributed by atoms with Gasteiger partial charge in [-0.3, -0.25) is 0 Å². The largest absolute Gasteiger partial charge is 0.446 e. The van der Waals surface area contributed by atoms with E-state index < -0.39 is 5.97 Å². The van der Waals surface area contributed by atoms with Gasteiger partial charge in [0.25, 0.3) is 0 Å². The van der Waals surface area contributed by atoms with E-state index in [0.29, 0.717) is 5.82 Å². The first-order valence-corrected chi connectivity index (χ1v) is 7.81. The van der Waals surface area contributed by atoms with Crippen LogP contribution in [0.5, 0.6) is 0 Å². The standard InChI is InChI=1S/C16H11N5O2S/c17-8-9-23-16(22)14(11-13-7-4-10-24-13)21-15(18-19-20-21)12-5-2-1-3-6-12/h1-7,10-11H,9H2/b14-11+. The molecule has 0 aliphatic rings. The van der Waals surface area contributed by atoms with Crippen LogP contribution in [0.4, 0.5) is 0 Å². The highest BCUT2D eigenvalue weighted by molar-refractivity contribution is 7.10. The minimum Gasteiger partial charge on any atom is -0.446 e. The van der Waals surface area contributed by atoms with Gasteiger partial charge in [0.05, 0.1) is 0 Å². The maximum absolute atomic E-state index is 12.4. The first-order valence-electron chi connectivity index (χ1n) is 6.93. The number of thiophene rings is 1. The molecule has 24 heavy (non-hydrogen) atoms. The first-order chi connectivity index (χ1) is 11.8. The second-order valence-electron chi connectivity index (χ2n) is 4.56. The normalized spacial score (nSPS) is 11.0. The molecule has 0 amide bonds. The quantitative estimate of drug-likeness (QED) is 0.524. The SMILES string of the molecule is N#CCOC(=O)/C(=C\c1cccs1)n1nnnc1-c1ccccc1. The number of carbonyl (C=O) groups is 1. The van der Waals surface area contributed by atoms with Gasteiger partial charge in [-0.1, -0.05) is 36.4 Å².